The Morgan fingerprint density at radius 3 is 2.57 bits per heavy atom. The van der Waals surface area contributed by atoms with E-state index in [1.807, 2.05) is 6.92 Å². The minimum atomic E-state index is -3.83. The van der Waals surface area contributed by atoms with Crippen LogP contribution in [0.1, 0.15) is 5.01 Å². The Bertz CT molecular complexity index is 1130. The molecule has 8 nitrogen and oxygen atoms in total. The van der Waals surface area contributed by atoms with Crippen molar-refractivity contribution < 1.29 is 22.7 Å². The molecule has 28 heavy (non-hydrogen) atoms. The van der Waals surface area contributed by atoms with Gasteiger partial charge in [-0.05, 0) is 37.3 Å². The highest BCUT2D eigenvalue weighted by Crippen LogP contribution is 2.29. The maximum atomic E-state index is 12.5. The molecule has 0 spiro atoms. The summed E-state index contributed by atoms with van der Waals surface area (Å²) in [7, 11) is -0.835. The van der Waals surface area contributed by atoms with Gasteiger partial charge in [0.1, 0.15) is 0 Å². The third-order valence-corrected chi connectivity index (χ3v) is 6.20. The molecule has 0 unspecified atom stereocenters. The predicted molar refractivity (Wildman–Crippen MR) is 108 cm³/mol. The molecule has 0 aliphatic rings. The fourth-order valence-electron chi connectivity index (χ4n) is 2.55. The van der Waals surface area contributed by atoms with Crippen LogP contribution in [0.3, 0.4) is 0 Å². The first-order chi connectivity index (χ1) is 13.3. The Labute approximate surface area is 166 Å². The number of hydrogen-bond donors (Lipinski definition) is 2. The van der Waals surface area contributed by atoms with Crippen molar-refractivity contribution in [2.24, 2.45) is 0 Å². The Balaban J connectivity index is 1.67. The number of aromatic nitrogens is 1. The Kier molecular flexibility index (Phi) is 5.82. The molecule has 1 heterocycles. The zero-order chi connectivity index (χ0) is 20.3. The average Bonchev–Trinajstić information content (AvgIpc) is 3.05. The van der Waals surface area contributed by atoms with Crippen LogP contribution in [0.15, 0.2) is 41.3 Å². The number of sulfonamides is 1. The molecule has 0 radical (unpaired) electrons. The van der Waals surface area contributed by atoms with E-state index >= 15 is 0 Å². The van der Waals surface area contributed by atoms with Crippen LogP contribution in [0.4, 0.5) is 5.69 Å². The number of rotatable bonds is 7. The van der Waals surface area contributed by atoms with Gasteiger partial charge in [-0.3, -0.25) is 4.79 Å². The number of aryl methyl sites for hydroxylation is 1. The Morgan fingerprint density at radius 1 is 1.11 bits per heavy atom. The highest BCUT2D eigenvalue weighted by atomic mass is 32.2. The lowest BCUT2D eigenvalue weighted by Gasteiger charge is -2.11. The monoisotopic (exact) mass is 421 g/mol. The molecule has 1 aromatic heterocycles. The molecule has 0 bridgehead atoms. The van der Waals surface area contributed by atoms with Crippen molar-refractivity contribution in [3.05, 3.63) is 41.4 Å². The smallest absolute Gasteiger partial charge is 0.241 e. The van der Waals surface area contributed by atoms with Gasteiger partial charge in [0.25, 0.3) is 0 Å². The molecule has 0 saturated heterocycles. The average molecular weight is 422 g/mol. The maximum Gasteiger partial charge on any atom is 0.241 e. The van der Waals surface area contributed by atoms with E-state index in [2.05, 4.69) is 15.0 Å². The summed E-state index contributed by atoms with van der Waals surface area (Å²) in [6, 6.07) is 9.53. The first-order valence-electron chi connectivity index (χ1n) is 8.21. The molecule has 10 heteroatoms. The van der Waals surface area contributed by atoms with Gasteiger partial charge in [0.2, 0.25) is 15.9 Å². The van der Waals surface area contributed by atoms with E-state index in [4.69, 9.17) is 9.47 Å². The molecular formula is C18H19N3O5S2. The maximum absolute atomic E-state index is 12.5. The van der Waals surface area contributed by atoms with Crippen LogP contribution in [0.5, 0.6) is 11.5 Å². The highest BCUT2D eigenvalue weighted by molar-refractivity contribution is 7.89. The van der Waals surface area contributed by atoms with Crippen molar-refractivity contribution in [3.8, 4) is 11.5 Å². The van der Waals surface area contributed by atoms with Crippen molar-refractivity contribution in [2.45, 2.75) is 11.8 Å². The first-order valence-corrected chi connectivity index (χ1v) is 10.5. The molecule has 2 aromatic carbocycles. The molecular weight excluding hydrogens is 402 g/mol. The SMILES string of the molecule is COc1ccc(NC(=O)CNS(=O)(=O)c2ccc3nc(C)sc3c2)cc1OC. The Morgan fingerprint density at radius 2 is 1.86 bits per heavy atom. The number of anilines is 1. The number of benzene rings is 2. The molecule has 0 aliphatic carbocycles. The molecule has 148 valence electrons. The number of thiazole rings is 1. The summed E-state index contributed by atoms with van der Waals surface area (Å²) in [4.78, 5) is 16.5. The second-order valence-corrected chi connectivity index (χ2v) is 8.81. The summed E-state index contributed by atoms with van der Waals surface area (Å²) in [5, 5.41) is 3.47. The first kappa shape index (κ1) is 20.1. The van der Waals surface area contributed by atoms with Crippen LogP contribution in [0.2, 0.25) is 0 Å². The second kappa shape index (κ2) is 8.13. The van der Waals surface area contributed by atoms with Gasteiger partial charge in [0.05, 0.1) is 40.9 Å². The van der Waals surface area contributed by atoms with Crippen molar-refractivity contribution in [2.75, 3.05) is 26.1 Å². The van der Waals surface area contributed by atoms with Crippen LogP contribution in [0, 0.1) is 6.92 Å². The van der Waals surface area contributed by atoms with E-state index in [-0.39, 0.29) is 4.90 Å². The van der Waals surface area contributed by atoms with Gasteiger partial charge in [-0.2, -0.15) is 0 Å². The normalized spacial score (nSPS) is 11.4. The summed E-state index contributed by atoms with van der Waals surface area (Å²) in [5.74, 6) is 0.467. The topological polar surface area (TPSA) is 107 Å². The molecule has 1 amide bonds. The number of amides is 1. The standard InChI is InChI=1S/C18H19N3O5S2/c1-11-20-14-6-5-13(9-17(14)27-11)28(23,24)19-10-18(22)21-12-4-7-15(25-2)16(8-12)26-3/h4-9,19H,10H2,1-3H3,(H,21,22). The van der Waals surface area contributed by atoms with E-state index in [0.29, 0.717) is 17.2 Å². The number of carbonyl (C=O) groups is 1. The number of nitrogens with one attached hydrogen (secondary N) is 2. The number of methoxy groups -OCH3 is 2. The van der Waals surface area contributed by atoms with Crippen molar-refractivity contribution in [1.82, 2.24) is 9.71 Å². The van der Waals surface area contributed by atoms with Crippen LogP contribution in [-0.2, 0) is 14.8 Å². The molecule has 0 saturated carbocycles. The van der Waals surface area contributed by atoms with Crippen LogP contribution < -0.4 is 19.5 Å². The van der Waals surface area contributed by atoms with Gasteiger partial charge in [0.15, 0.2) is 11.5 Å². The highest BCUT2D eigenvalue weighted by Gasteiger charge is 2.17. The second-order valence-electron chi connectivity index (χ2n) is 5.80. The predicted octanol–water partition coefficient (Wildman–Crippen LogP) is 2.54. The fraction of sp³-hybridized carbons (Fsp3) is 0.222. The van der Waals surface area contributed by atoms with Gasteiger partial charge in [-0.25, -0.2) is 18.1 Å². The van der Waals surface area contributed by atoms with Gasteiger partial charge >= 0.3 is 0 Å². The van der Waals surface area contributed by atoms with E-state index in [0.717, 1.165) is 15.2 Å². The van der Waals surface area contributed by atoms with E-state index < -0.39 is 22.5 Å². The number of fused-ring (bicyclic) bond motifs is 1. The van der Waals surface area contributed by atoms with E-state index in [1.54, 1.807) is 30.3 Å². The van der Waals surface area contributed by atoms with Gasteiger partial charge in [0, 0.05) is 11.8 Å². The molecule has 3 rings (SSSR count). The fourth-order valence-corrected chi connectivity index (χ4v) is 4.50. The molecule has 2 N–H and O–H groups in total. The van der Waals surface area contributed by atoms with Gasteiger partial charge in [-0.15, -0.1) is 11.3 Å². The lowest BCUT2D eigenvalue weighted by Crippen LogP contribution is -2.32. The zero-order valence-corrected chi connectivity index (χ0v) is 17.1. The van der Waals surface area contributed by atoms with Gasteiger partial charge < -0.3 is 14.8 Å². The molecule has 0 fully saturated rings. The summed E-state index contributed by atoms with van der Waals surface area (Å²) in [5.41, 5.74) is 1.20. The lowest BCUT2D eigenvalue weighted by atomic mass is 10.2. The van der Waals surface area contributed by atoms with Crippen LogP contribution in [0.25, 0.3) is 10.2 Å². The number of ether oxygens (including phenoxy) is 2. The summed E-state index contributed by atoms with van der Waals surface area (Å²) >= 11 is 1.41. The Hall–Kier alpha value is -2.69. The molecule has 3 aromatic rings. The summed E-state index contributed by atoms with van der Waals surface area (Å²) < 4.78 is 38.4. The van der Waals surface area contributed by atoms with Crippen molar-refractivity contribution in [1.29, 1.82) is 0 Å². The van der Waals surface area contributed by atoms with Crippen molar-refractivity contribution >= 4 is 43.2 Å². The summed E-state index contributed by atoms with van der Waals surface area (Å²) in [6.07, 6.45) is 0. The largest absolute Gasteiger partial charge is 0.493 e. The molecule has 0 atom stereocenters. The minimum absolute atomic E-state index is 0.0857. The van der Waals surface area contributed by atoms with Crippen LogP contribution >= 0.6 is 11.3 Å². The third kappa shape index (κ3) is 4.41. The summed E-state index contributed by atoms with van der Waals surface area (Å²) in [6.45, 7) is 1.45. The van der Waals surface area contributed by atoms with Crippen molar-refractivity contribution in [3.63, 3.8) is 0 Å². The molecule has 0 aliphatic heterocycles. The van der Waals surface area contributed by atoms with Gasteiger partial charge in [-0.1, -0.05) is 0 Å². The van der Waals surface area contributed by atoms with E-state index in [9.17, 15) is 13.2 Å². The van der Waals surface area contributed by atoms with Crippen LogP contribution in [-0.4, -0.2) is 40.1 Å². The number of hydrogen-bond acceptors (Lipinski definition) is 7. The number of carbonyl (C=O) groups excluding carboxylic acids is 1. The lowest BCUT2D eigenvalue weighted by molar-refractivity contribution is -0.115. The van der Waals surface area contributed by atoms with E-state index in [1.165, 1.54) is 31.6 Å². The number of nitrogens with zero attached hydrogens (tertiary/aromatic N) is 1. The zero-order valence-electron chi connectivity index (χ0n) is 15.5. The quantitative estimate of drug-likeness (QED) is 0.607. The third-order valence-electron chi connectivity index (χ3n) is 3.87. The minimum Gasteiger partial charge on any atom is -0.493 e.